The molecule has 0 aliphatic heterocycles. The van der Waals surface area contributed by atoms with Crippen LogP contribution in [0.25, 0.3) is 28.0 Å². The lowest BCUT2D eigenvalue weighted by Crippen LogP contribution is -2.16. The summed E-state index contributed by atoms with van der Waals surface area (Å²) in [5.41, 5.74) is -6.56. The molecule has 0 spiro atoms. The number of allylic oxidation sites excluding steroid dienone is 2. The molecule has 0 heterocycles. The molecule has 0 bridgehead atoms. The summed E-state index contributed by atoms with van der Waals surface area (Å²) in [6, 6.07) is 1.47. The van der Waals surface area contributed by atoms with Crippen molar-refractivity contribution in [1.29, 1.82) is 0 Å². The quantitative estimate of drug-likeness (QED) is 0.159. The van der Waals surface area contributed by atoms with Gasteiger partial charge in [-0.25, -0.2) is 35.1 Å². The maximum Gasteiger partial charge on any atom is 0.422 e. The maximum atomic E-state index is 14.7. The smallest absolute Gasteiger partial charge is 0.203 e. The van der Waals surface area contributed by atoms with Gasteiger partial charge in [-0.3, -0.25) is 0 Å². The van der Waals surface area contributed by atoms with E-state index in [1.54, 1.807) is 0 Å². The van der Waals surface area contributed by atoms with Crippen molar-refractivity contribution in [3.05, 3.63) is 88.5 Å². The number of fused-ring (bicyclic) bond motifs is 1. The third-order valence-corrected chi connectivity index (χ3v) is 4.48. The van der Waals surface area contributed by atoms with Crippen molar-refractivity contribution in [2.45, 2.75) is 6.18 Å². The van der Waals surface area contributed by atoms with Crippen LogP contribution in [0.15, 0.2) is 30.9 Å². The van der Waals surface area contributed by atoms with Gasteiger partial charge < -0.3 is 0 Å². The van der Waals surface area contributed by atoms with Crippen LogP contribution in [-0.4, -0.2) is 0 Å². The van der Waals surface area contributed by atoms with Crippen LogP contribution in [0, 0.1) is 46.5 Å². The minimum atomic E-state index is -5.86. The molecule has 168 valence electrons. The molecular weight excluding hydrogens is 461 g/mol. The monoisotopic (exact) mass is 468 g/mol. The highest BCUT2D eigenvalue weighted by atomic mass is 19.4. The Kier molecular flexibility index (Phi) is 5.79. The van der Waals surface area contributed by atoms with E-state index >= 15 is 0 Å². The fraction of sp³-hybridized carbons (Fsp3) is 0.0476. The summed E-state index contributed by atoms with van der Waals surface area (Å²) in [4.78, 5) is 0. The zero-order valence-electron chi connectivity index (χ0n) is 15.3. The number of alkyl halides is 3. The maximum absolute atomic E-state index is 14.7. The van der Waals surface area contributed by atoms with Gasteiger partial charge in [0.15, 0.2) is 46.5 Å². The fourth-order valence-corrected chi connectivity index (χ4v) is 3.13. The Morgan fingerprint density at radius 1 is 0.625 bits per heavy atom. The van der Waals surface area contributed by atoms with Crippen LogP contribution in [-0.2, 0) is 6.18 Å². The Balaban J connectivity index is 2.65. The molecule has 0 amide bonds. The fourth-order valence-electron chi connectivity index (χ4n) is 3.13. The summed E-state index contributed by atoms with van der Waals surface area (Å²) >= 11 is 0. The van der Waals surface area contributed by atoms with Crippen molar-refractivity contribution in [2.24, 2.45) is 0 Å². The van der Waals surface area contributed by atoms with Gasteiger partial charge in [0.2, 0.25) is 0 Å². The standard InChI is InChI=1S/C21H7F11/c1-2-3-4-7-5-6-8-10(14(23)20(29)19(28)13(8)22)9(7)11-15(24)17(26)12(21(30,31)32)18(27)16(11)25/h2-6H,1H2/b4-3-. The summed E-state index contributed by atoms with van der Waals surface area (Å²) in [6.07, 6.45) is -2.81. The Labute approximate surface area is 171 Å². The van der Waals surface area contributed by atoms with E-state index in [1.165, 1.54) is 0 Å². The first-order valence-electron chi connectivity index (χ1n) is 8.35. The summed E-state index contributed by atoms with van der Waals surface area (Å²) < 4.78 is 153. The van der Waals surface area contributed by atoms with E-state index in [0.717, 1.165) is 24.3 Å². The first kappa shape index (κ1) is 23.3. The van der Waals surface area contributed by atoms with E-state index in [0.29, 0.717) is 6.07 Å². The van der Waals surface area contributed by atoms with Gasteiger partial charge in [0.1, 0.15) is 5.56 Å². The molecule has 0 nitrogen and oxygen atoms in total. The Morgan fingerprint density at radius 3 is 1.66 bits per heavy atom. The molecule has 0 N–H and O–H groups in total. The predicted octanol–water partition coefficient (Wildman–Crippen LogP) is 7.84. The van der Waals surface area contributed by atoms with Gasteiger partial charge in [-0.05, 0) is 5.56 Å². The average Bonchev–Trinajstić information content (AvgIpc) is 2.72. The van der Waals surface area contributed by atoms with Gasteiger partial charge >= 0.3 is 6.18 Å². The molecule has 0 fully saturated rings. The van der Waals surface area contributed by atoms with Gasteiger partial charge in [-0.1, -0.05) is 36.9 Å². The third-order valence-electron chi connectivity index (χ3n) is 4.48. The SMILES string of the molecule is C=C/C=C\c1ccc2c(F)c(F)c(F)c(F)c2c1-c1c(F)c(F)c(C(F)(F)F)c(F)c1F. The molecule has 0 aromatic heterocycles. The minimum Gasteiger partial charge on any atom is -0.203 e. The van der Waals surface area contributed by atoms with Crippen LogP contribution in [0.1, 0.15) is 11.1 Å². The number of hydrogen-bond acceptors (Lipinski definition) is 0. The van der Waals surface area contributed by atoms with Crippen LogP contribution < -0.4 is 0 Å². The molecule has 0 radical (unpaired) electrons. The Bertz CT molecular complexity index is 1270. The van der Waals surface area contributed by atoms with Crippen molar-refractivity contribution in [2.75, 3.05) is 0 Å². The molecule has 3 rings (SSSR count). The molecule has 0 saturated heterocycles. The average molecular weight is 468 g/mol. The van der Waals surface area contributed by atoms with Crippen molar-refractivity contribution < 1.29 is 48.3 Å². The lowest BCUT2D eigenvalue weighted by molar-refractivity contribution is -0.143. The van der Waals surface area contributed by atoms with Crippen LogP contribution in [0.4, 0.5) is 48.3 Å². The highest BCUT2D eigenvalue weighted by Crippen LogP contribution is 2.44. The summed E-state index contributed by atoms with van der Waals surface area (Å²) in [5, 5.41) is -2.45. The predicted molar refractivity (Wildman–Crippen MR) is 93.3 cm³/mol. The van der Waals surface area contributed by atoms with Gasteiger partial charge in [0, 0.05) is 16.3 Å². The Hall–Kier alpha value is -3.37. The van der Waals surface area contributed by atoms with E-state index in [9.17, 15) is 48.3 Å². The van der Waals surface area contributed by atoms with E-state index in [-0.39, 0.29) is 0 Å². The van der Waals surface area contributed by atoms with Crippen molar-refractivity contribution in [3.8, 4) is 11.1 Å². The van der Waals surface area contributed by atoms with E-state index in [2.05, 4.69) is 6.58 Å². The van der Waals surface area contributed by atoms with Crippen molar-refractivity contribution in [3.63, 3.8) is 0 Å². The second-order valence-corrected chi connectivity index (χ2v) is 6.31. The van der Waals surface area contributed by atoms with E-state index in [4.69, 9.17) is 0 Å². The first-order valence-corrected chi connectivity index (χ1v) is 8.35. The van der Waals surface area contributed by atoms with Gasteiger partial charge in [-0.2, -0.15) is 13.2 Å². The highest BCUT2D eigenvalue weighted by Gasteiger charge is 2.43. The number of rotatable bonds is 3. The molecular formula is C21H7F11. The molecule has 32 heavy (non-hydrogen) atoms. The van der Waals surface area contributed by atoms with Gasteiger partial charge in [0.05, 0.1) is 5.56 Å². The topological polar surface area (TPSA) is 0 Å². The van der Waals surface area contributed by atoms with Crippen LogP contribution >= 0.6 is 0 Å². The zero-order valence-corrected chi connectivity index (χ0v) is 15.3. The first-order chi connectivity index (χ1) is 14.8. The van der Waals surface area contributed by atoms with Crippen LogP contribution in [0.2, 0.25) is 0 Å². The largest absolute Gasteiger partial charge is 0.422 e. The second-order valence-electron chi connectivity index (χ2n) is 6.31. The number of benzene rings is 3. The highest BCUT2D eigenvalue weighted by molar-refractivity contribution is 6.02. The number of halogens is 11. The molecule has 11 heteroatoms. The lowest BCUT2D eigenvalue weighted by atomic mass is 9.90. The van der Waals surface area contributed by atoms with Crippen molar-refractivity contribution >= 4 is 16.8 Å². The van der Waals surface area contributed by atoms with Crippen LogP contribution in [0.3, 0.4) is 0 Å². The molecule has 0 unspecified atom stereocenters. The van der Waals surface area contributed by atoms with E-state index < -0.39 is 85.7 Å². The molecule has 3 aromatic carbocycles. The second kappa shape index (κ2) is 7.95. The molecule has 0 aliphatic rings. The summed E-state index contributed by atoms with van der Waals surface area (Å²) in [6.45, 7) is 3.28. The summed E-state index contributed by atoms with van der Waals surface area (Å²) in [7, 11) is 0. The molecule has 0 atom stereocenters. The van der Waals surface area contributed by atoms with Crippen LogP contribution in [0.5, 0.6) is 0 Å². The number of hydrogen-bond donors (Lipinski definition) is 0. The van der Waals surface area contributed by atoms with Gasteiger partial charge in [-0.15, -0.1) is 0 Å². The third kappa shape index (κ3) is 3.41. The molecule has 0 saturated carbocycles. The van der Waals surface area contributed by atoms with Gasteiger partial charge in [0.25, 0.3) is 0 Å². The minimum absolute atomic E-state index is 0.530. The summed E-state index contributed by atoms with van der Waals surface area (Å²) in [5.74, 6) is -19.9. The normalized spacial score (nSPS) is 12.2. The van der Waals surface area contributed by atoms with Crippen molar-refractivity contribution in [1.82, 2.24) is 0 Å². The lowest BCUT2D eigenvalue weighted by Gasteiger charge is -2.18. The van der Waals surface area contributed by atoms with E-state index in [1.807, 2.05) is 0 Å². The molecule has 0 aliphatic carbocycles. The zero-order chi connectivity index (χ0) is 24.1. The molecule has 3 aromatic rings. The Morgan fingerprint density at radius 2 is 1.16 bits per heavy atom.